The Bertz CT molecular complexity index is 960. The smallest absolute Gasteiger partial charge is 0.249 e. The van der Waals surface area contributed by atoms with E-state index < -0.39 is 0 Å². The van der Waals surface area contributed by atoms with Crippen LogP contribution in [-0.2, 0) is 11.3 Å². The van der Waals surface area contributed by atoms with Gasteiger partial charge in [-0.05, 0) is 49.9 Å². The summed E-state index contributed by atoms with van der Waals surface area (Å²) >= 11 is 9.56. The number of likely N-dealkylation sites (N-methyl/N-ethyl adjacent to an activating group) is 1. The maximum atomic E-state index is 12.3. The molecule has 0 saturated heterocycles. The van der Waals surface area contributed by atoms with E-state index in [-0.39, 0.29) is 12.5 Å². The highest BCUT2D eigenvalue weighted by atomic mass is 79.9. The maximum absolute atomic E-state index is 12.3. The molecule has 0 aliphatic rings. The van der Waals surface area contributed by atoms with E-state index in [2.05, 4.69) is 31.4 Å². The zero-order chi connectivity index (χ0) is 19.4. The standard InChI is InChI=1S/C19H18BrClN4O2/c1-12-9-13(20)7-8-16(12)22-17(26)10-25(2)11-18-23-24-19(27-18)14-5-3-4-6-15(14)21/h3-9H,10-11H2,1-2H3,(H,22,26). The van der Waals surface area contributed by atoms with Crippen molar-refractivity contribution in [3.05, 3.63) is 63.4 Å². The quantitative estimate of drug-likeness (QED) is 0.598. The van der Waals surface area contributed by atoms with Crippen LogP contribution in [0.2, 0.25) is 5.02 Å². The van der Waals surface area contributed by atoms with E-state index in [1.807, 2.05) is 50.4 Å². The molecule has 3 aromatic rings. The summed E-state index contributed by atoms with van der Waals surface area (Å²) in [7, 11) is 1.81. The number of aromatic nitrogens is 2. The lowest BCUT2D eigenvalue weighted by Crippen LogP contribution is -2.30. The summed E-state index contributed by atoms with van der Waals surface area (Å²) in [5, 5.41) is 11.5. The molecule has 3 rings (SSSR count). The number of amides is 1. The lowest BCUT2D eigenvalue weighted by Gasteiger charge is -2.15. The van der Waals surface area contributed by atoms with E-state index in [1.54, 1.807) is 11.0 Å². The Labute approximate surface area is 170 Å². The number of carbonyl (C=O) groups excluding carboxylic acids is 1. The van der Waals surface area contributed by atoms with Gasteiger partial charge in [0.05, 0.1) is 23.7 Å². The Morgan fingerprint density at radius 3 is 2.78 bits per heavy atom. The van der Waals surface area contributed by atoms with Crippen LogP contribution in [0.25, 0.3) is 11.5 Å². The summed E-state index contributed by atoms with van der Waals surface area (Å²) in [6.07, 6.45) is 0. The molecule has 1 amide bonds. The van der Waals surface area contributed by atoms with E-state index >= 15 is 0 Å². The van der Waals surface area contributed by atoms with Crippen molar-refractivity contribution in [2.75, 3.05) is 18.9 Å². The lowest BCUT2D eigenvalue weighted by molar-refractivity contribution is -0.117. The van der Waals surface area contributed by atoms with E-state index in [9.17, 15) is 4.79 Å². The van der Waals surface area contributed by atoms with Gasteiger partial charge in [0.25, 0.3) is 0 Å². The molecule has 8 heteroatoms. The number of aryl methyl sites for hydroxylation is 1. The van der Waals surface area contributed by atoms with Crippen LogP contribution in [0.5, 0.6) is 0 Å². The first-order chi connectivity index (χ1) is 12.9. The van der Waals surface area contributed by atoms with Gasteiger partial charge in [0, 0.05) is 10.2 Å². The Balaban J connectivity index is 1.58. The van der Waals surface area contributed by atoms with Gasteiger partial charge in [-0.25, -0.2) is 0 Å². The highest BCUT2D eigenvalue weighted by Gasteiger charge is 2.15. The number of nitrogens with one attached hydrogen (secondary N) is 1. The van der Waals surface area contributed by atoms with Gasteiger partial charge in [-0.2, -0.15) is 0 Å². The molecule has 140 valence electrons. The predicted octanol–water partition coefficient (Wildman–Crippen LogP) is 4.53. The van der Waals surface area contributed by atoms with Crippen molar-refractivity contribution in [2.45, 2.75) is 13.5 Å². The average Bonchev–Trinajstić information content (AvgIpc) is 3.05. The Morgan fingerprint density at radius 1 is 1.26 bits per heavy atom. The van der Waals surface area contributed by atoms with Crippen LogP contribution < -0.4 is 5.32 Å². The average molecular weight is 450 g/mol. The first-order valence-corrected chi connectivity index (χ1v) is 9.41. The zero-order valence-electron chi connectivity index (χ0n) is 14.9. The first-order valence-electron chi connectivity index (χ1n) is 8.24. The molecule has 2 aromatic carbocycles. The van der Waals surface area contributed by atoms with Crippen LogP contribution in [0.15, 0.2) is 51.4 Å². The van der Waals surface area contributed by atoms with Gasteiger partial charge in [-0.3, -0.25) is 9.69 Å². The van der Waals surface area contributed by atoms with E-state index in [0.717, 1.165) is 15.7 Å². The summed E-state index contributed by atoms with van der Waals surface area (Å²) in [6.45, 7) is 2.49. The Hall–Kier alpha value is -2.22. The number of carbonyl (C=O) groups is 1. The van der Waals surface area contributed by atoms with Crippen LogP contribution >= 0.6 is 27.5 Å². The van der Waals surface area contributed by atoms with Gasteiger partial charge in [-0.15, -0.1) is 10.2 Å². The molecule has 1 aromatic heterocycles. The second-order valence-corrected chi connectivity index (χ2v) is 7.48. The summed E-state index contributed by atoms with van der Waals surface area (Å²) in [5.74, 6) is 0.660. The fraction of sp³-hybridized carbons (Fsp3) is 0.211. The largest absolute Gasteiger partial charge is 0.419 e. The summed E-state index contributed by atoms with van der Waals surface area (Å²) in [4.78, 5) is 14.1. The highest BCUT2D eigenvalue weighted by molar-refractivity contribution is 9.10. The molecular weight excluding hydrogens is 432 g/mol. The highest BCUT2D eigenvalue weighted by Crippen LogP contribution is 2.26. The maximum Gasteiger partial charge on any atom is 0.249 e. The molecular formula is C19H18BrClN4O2. The number of hydrogen-bond acceptors (Lipinski definition) is 5. The van der Waals surface area contributed by atoms with Crippen LogP contribution in [0.4, 0.5) is 5.69 Å². The molecule has 0 saturated carbocycles. The third kappa shape index (κ3) is 5.15. The van der Waals surface area contributed by atoms with Crippen LogP contribution in [-0.4, -0.2) is 34.6 Å². The molecule has 27 heavy (non-hydrogen) atoms. The topological polar surface area (TPSA) is 71.3 Å². The molecule has 0 aliphatic heterocycles. The number of anilines is 1. The molecule has 6 nitrogen and oxygen atoms in total. The van der Waals surface area contributed by atoms with Crippen LogP contribution in [0.1, 0.15) is 11.5 Å². The summed E-state index contributed by atoms with van der Waals surface area (Å²) in [6, 6.07) is 13.0. The third-order valence-electron chi connectivity index (χ3n) is 3.85. The second-order valence-electron chi connectivity index (χ2n) is 6.16. The van der Waals surface area contributed by atoms with Gasteiger partial charge in [-0.1, -0.05) is 39.7 Å². The minimum Gasteiger partial charge on any atom is -0.419 e. The molecule has 0 unspecified atom stereocenters. The molecule has 0 radical (unpaired) electrons. The first kappa shape index (κ1) is 19.5. The lowest BCUT2D eigenvalue weighted by atomic mass is 10.2. The van der Waals surface area contributed by atoms with Crippen molar-refractivity contribution in [1.29, 1.82) is 0 Å². The molecule has 1 N–H and O–H groups in total. The van der Waals surface area contributed by atoms with Crippen molar-refractivity contribution in [2.24, 2.45) is 0 Å². The number of rotatable bonds is 6. The fourth-order valence-corrected chi connectivity index (χ4v) is 3.24. The minimum absolute atomic E-state index is 0.117. The van der Waals surface area contributed by atoms with Crippen LogP contribution in [0.3, 0.4) is 0 Å². The fourth-order valence-electron chi connectivity index (χ4n) is 2.55. The van der Waals surface area contributed by atoms with Crippen LogP contribution in [0, 0.1) is 6.92 Å². The van der Waals surface area contributed by atoms with Crippen molar-refractivity contribution >= 4 is 39.1 Å². The minimum atomic E-state index is -0.117. The van der Waals surface area contributed by atoms with Crippen molar-refractivity contribution in [1.82, 2.24) is 15.1 Å². The van der Waals surface area contributed by atoms with E-state index in [0.29, 0.717) is 28.9 Å². The zero-order valence-corrected chi connectivity index (χ0v) is 17.2. The SMILES string of the molecule is Cc1cc(Br)ccc1NC(=O)CN(C)Cc1nnc(-c2ccccc2Cl)o1. The second kappa shape index (κ2) is 8.65. The molecule has 0 fully saturated rings. The summed E-state index contributed by atoms with van der Waals surface area (Å²) in [5.41, 5.74) is 2.46. The van der Waals surface area contributed by atoms with Crippen molar-refractivity contribution in [3.63, 3.8) is 0 Å². The van der Waals surface area contributed by atoms with E-state index in [1.165, 1.54) is 0 Å². The monoisotopic (exact) mass is 448 g/mol. The Morgan fingerprint density at radius 2 is 2.04 bits per heavy atom. The normalized spacial score (nSPS) is 11.0. The number of hydrogen-bond donors (Lipinski definition) is 1. The number of halogens is 2. The molecule has 0 atom stereocenters. The Kier molecular flexibility index (Phi) is 6.26. The third-order valence-corrected chi connectivity index (χ3v) is 4.68. The van der Waals surface area contributed by atoms with Gasteiger partial charge >= 0.3 is 0 Å². The van der Waals surface area contributed by atoms with Gasteiger partial charge in [0.1, 0.15) is 0 Å². The van der Waals surface area contributed by atoms with Gasteiger partial charge < -0.3 is 9.73 Å². The number of nitrogens with zero attached hydrogens (tertiary/aromatic N) is 3. The molecule has 0 spiro atoms. The van der Waals surface area contributed by atoms with Crippen molar-refractivity contribution < 1.29 is 9.21 Å². The molecule has 0 aliphatic carbocycles. The molecule has 0 bridgehead atoms. The van der Waals surface area contributed by atoms with Gasteiger partial charge in [0.2, 0.25) is 17.7 Å². The van der Waals surface area contributed by atoms with Gasteiger partial charge in [0.15, 0.2) is 0 Å². The van der Waals surface area contributed by atoms with Crippen molar-refractivity contribution in [3.8, 4) is 11.5 Å². The van der Waals surface area contributed by atoms with E-state index in [4.69, 9.17) is 16.0 Å². The number of benzene rings is 2. The predicted molar refractivity (Wildman–Crippen MR) is 109 cm³/mol. The molecule has 1 heterocycles. The summed E-state index contributed by atoms with van der Waals surface area (Å²) < 4.78 is 6.64.